The predicted molar refractivity (Wildman–Crippen MR) is 121 cm³/mol. The third-order valence-corrected chi connectivity index (χ3v) is 5.80. The minimum atomic E-state index is -0.959. The van der Waals surface area contributed by atoms with E-state index in [0.29, 0.717) is 18.4 Å². The summed E-state index contributed by atoms with van der Waals surface area (Å²) >= 11 is 0. The number of rotatable bonds is 6. The molecule has 0 spiro atoms. The number of nitrogens with zero attached hydrogens (tertiary/aromatic N) is 3. The van der Waals surface area contributed by atoms with Gasteiger partial charge in [-0.1, -0.05) is 55.8 Å². The van der Waals surface area contributed by atoms with Gasteiger partial charge in [-0.3, -0.25) is 14.5 Å². The van der Waals surface area contributed by atoms with E-state index in [4.69, 9.17) is 9.72 Å². The van der Waals surface area contributed by atoms with Crippen LogP contribution in [-0.4, -0.2) is 34.6 Å². The van der Waals surface area contributed by atoms with Gasteiger partial charge in [0.25, 0.3) is 0 Å². The Balaban J connectivity index is 1.97. The Kier molecular flexibility index (Phi) is 5.81. The molecule has 2 aromatic carbocycles. The molecule has 2 unspecified atom stereocenters. The highest BCUT2D eigenvalue weighted by atomic mass is 16.5. The number of ether oxygens (including phenoxy) is 1. The number of fused-ring (bicyclic) bond motifs is 3. The first-order valence-electron chi connectivity index (χ1n) is 10.9. The molecule has 0 bridgehead atoms. The number of carbonyl (C=O) groups excluding carboxylic acids is 2. The Labute approximate surface area is 182 Å². The average Bonchev–Trinajstić information content (AvgIpc) is 3.11. The zero-order valence-electron chi connectivity index (χ0n) is 18.5. The topological polar surface area (TPSA) is 64.4 Å². The van der Waals surface area contributed by atoms with Crippen molar-refractivity contribution in [2.45, 2.75) is 40.2 Å². The van der Waals surface area contributed by atoms with E-state index >= 15 is 0 Å². The Morgan fingerprint density at radius 1 is 1.16 bits per heavy atom. The molecule has 0 saturated heterocycles. The van der Waals surface area contributed by atoms with Crippen LogP contribution in [0.1, 0.15) is 44.4 Å². The van der Waals surface area contributed by atoms with Crippen molar-refractivity contribution >= 4 is 28.9 Å². The van der Waals surface area contributed by atoms with E-state index in [1.165, 1.54) is 0 Å². The minimum Gasteiger partial charge on any atom is -0.465 e. The molecule has 6 nitrogen and oxygen atoms in total. The van der Waals surface area contributed by atoms with E-state index in [2.05, 4.69) is 13.8 Å². The van der Waals surface area contributed by atoms with Crippen LogP contribution in [0, 0.1) is 18.8 Å². The highest BCUT2D eigenvalue weighted by Gasteiger charge is 2.47. The molecule has 0 N–H and O–H groups in total. The summed E-state index contributed by atoms with van der Waals surface area (Å²) in [6.45, 7) is 8.76. The summed E-state index contributed by atoms with van der Waals surface area (Å²) in [7, 11) is 0. The average molecular weight is 420 g/mol. The molecule has 1 aliphatic heterocycles. The lowest BCUT2D eigenvalue weighted by Crippen LogP contribution is -2.50. The summed E-state index contributed by atoms with van der Waals surface area (Å²) < 4.78 is 7.44. The fraction of sp³-hybridized carbons (Fsp3) is 0.400. The first-order valence-corrected chi connectivity index (χ1v) is 10.9. The smallest absolute Gasteiger partial charge is 0.321 e. The van der Waals surface area contributed by atoms with Gasteiger partial charge in [0.1, 0.15) is 0 Å². The maximum atomic E-state index is 13.7. The van der Waals surface area contributed by atoms with Crippen LogP contribution >= 0.6 is 0 Å². The molecule has 1 amide bonds. The molecule has 162 valence electrons. The maximum absolute atomic E-state index is 13.7. The van der Waals surface area contributed by atoms with Crippen LogP contribution in [0.25, 0.3) is 11.0 Å². The third kappa shape index (κ3) is 3.82. The van der Waals surface area contributed by atoms with Crippen LogP contribution in [0.4, 0.5) is 5.95 Å². The largest absolute Gasteiger partial charge is 0.465 e. The van der Waals surface area contributed by atoms with E-state index in [0.717, 1.165) is 28.6 Å². The van der Waals surface area contributed by atoms with Crippen molar-refractivity contribution < 1.29 is 14.3 Å². The van der Waals surface area contributed by atoms with Gasteiger partial charge in [-0.15, -0.1) is 0 Å². The summed E-state index contributed by atoms with van der Waals surface area (Å²) in [6, 6.07) is 15.3. The fourth-order valence-corrected chi connectivity index (χ4v) is 4.30. The molecule has 31 heavy (non-hydrogen) atoms. The summed E-state index contributed by atoms with van der Waals surface area (Å²) in [5, 5.41) is 0. The number of carbonyl (C=O) groups is 2. The first kappa shape index (κ1) is 21.1. The number of imidazole rings is 1. The van der Waals surface area contributed by atoms with E-state index in [1.54, 1.807) is 11.8 Å². The van der Waals surface area contributed by atoms with E-state index in [-0.39, 0.29) is 12.5 Å². The molecule has 0 fully saturated rings. The molecule has 0 radical (unpaired) electrons. The number of esters is 1. The lowest BCUT2D eigenvalue weighted by molar-refractivity contribution is -0.153. The SMILES string of the molecule is CCOC(=O)C1C(=O)N(CCC(C)C)c2nc3ccccc3n2C1c1cccc(C)c1. The zero-order valence-corrected chi connectivity index (χ0v) is 18.5. The molecule has 4 rings (SSSR count). The molecular formula is C25H29N3O3. The second kappa shape index (κ2) is 8.53. The minimum absolute atomic E-state index is 0.229. The molecule has 2 heterocycles. The molecule has 6 heteroatoms. The summed E-state index contributed by atoms with van der Waals surface area (Å²) in [6.07, 6.45) is 0.819. The lowest BCUT2D eigenvalue weighted by atomic mass is 9.88. The van der Waals surface area contributed by atoms with Crippen molar-refractivity contribution in [3.05, 3.63) is 59.7 Å². The fourth-order valence-electron chi connectivity index (χ4n) is 4.30. The molecule has 0 aliphatic carbocycles. The van der Waals surface area contributed by atoms with E-state index < -0.39 is 17.9 Å². The lowest BCUT2D eigenvalue weighted by Gasteiger charge is -2.38. The Hall–Kier alpha value is -3.15. The second-order valence-electron chi connectivity index (χ2n) is 8.53. The molecule has 1 aliphatic rings. The number of para-hydroxylation sites is 2. The van der Waals surface area contributed by atoms with Gasteiger partial charge in [-0.05, 0) is 43.9 Å². The van der Waals surface area contributed by atoms with Crippen molar-refractivity contribution in [1.29, 1.82) is 0 Å². The maximum Gasteiger partial charge on any atom is 0.321 e. The van der Waals surface area contributed by atoms with Gasteiger partial charge in [0.05, 0.1) is 23.7 Å². The monoisotopic (exact) mass is 419 g/mol. The summed E-state index contributed by atoms with van der Waals surface area (Å²) in [4.78, 5) is 33.4. The zero-order chi connectivity index (χ0) is 22.1. The Morgan fingerprint density at radius 3 is 2.65 bits per heavy atom. The van der Waals surface area contributed by atoms with Gasteiger partial charge in [-0.2, -0.15) is 0 Å². The highest BCUT2D eigenvalue weighted by Crippen LogP contribution is 2.41. The van der Waals surface area contributed by atoms with Gasteiger partial charge in [0, 0.05) is 6.54 Å². The van der Waals surface area contributed by atoms with Crippen molar-refractivity contribution in [2.75, 3.05) is 18.1 Å². The normalized spacial score (nSPS) is 18.5. The number of anilines is 1. The van der Waals surface area contributed by atoms with E-state index in [1.807, 2.05) is 60.0 Å². The van der Waals surface area contributed by atoms with Crippen LogP contribution in [0.3, 0.4) is 0 Å². The number of benzene rings is 2. The number of hydrogen-bond acceptors (Lipinski definition) is 4. The third-order valence-electron chi connectivity index (χ3n) is 5.80. The first-order chi connectivity index (χ1) is 14.9. The number of aryl methyl sites for hydroxylation is 1. The molecule has 0 saturated carbocycles. The Bertz CT molecular complexity index is 1120. The van der Waals surface area contributed by atoms with Gasteiger partial charge in [-0.25, -0.2) is 4.98 Å². The van der Waals surface area contributed by atoms with Crippen molar-refractivity contribution in [1.82, 2.24) is 9.55 Å². The van der Waals surface area contributed by atoms with Gasteiger partial charge in [0.2, 0.25) is 11.9 Å². The van der Waals surface area contributed by atoms with Crippen LogP contribution in [0.2, 0.25) is 0 Å². The summed E-state index contributed by atoms with van der Waals surface area (Å²) in [5.74, 6) is -0.676. The summed E-state index contributed by atoms with van der Waals surface area (Å²) in [5.41, 5.74) is 3.68. The van der Waals surface area contributed by atoms with Gasteiger partial charge in [0.15, 0.2) is 5.92 Å². The molecule has 2 atom stereocenters. The van der Waals surface area contributed by atoms with Crippen LogP contribution < -0.4 is 4.90 Å². The van der Waals surface area contributed by atoms with Crippen LogP contribution in [0.15, 0.2) is 48.5 Å². The van der Waals surface area contributed by atoms with Crippen molar-refractivity contribution in [3.8, 4) is 0 Å². The molecule has 3 aromatic rings. The number of aromatic nitrogens is 2. The van der Waals surface area contributed by atoms with Crippen molar-refractivity contribution in [3.63, 3.8) is 0 Å². The number of amides is 1. The van der Waals surface area contributed by atoms with Crippen molar-refractivity contribution in [2.24, 2.45) is 11.8 Å². The number of hydrogen-bond donors (Lipinski definition) is 0. The quantitative estimate of drug-likeness (QED) is 0.436. The standard InChI is InChI=1S/C25H29N3O3/c1-5-31-24(30)21-22(18-10-8-9-17(4)15-18)28-20-12-7-6-11-19(20)26-25(28)27(23(21)29)14-13-16(2)3/h6-12,15-16,21-22H,5,13-14H2,1-4H3. The predicted octanol–water partition coefficient (Wildman–Crippen LogP) is 4.51. The molecular weight excluding hydrogens is 390 g/mol. The van der Waals surface area contributed by atoms with Crippen LogP contribution in [-0.2, 0) is 14.3 Å². The van der Waals surface area contributed by atoms with Crippen LogP contribution in [0.5, 0.6) is 0 Å². The molecule has 1 aromatic heterocycles. The van der Waals surface area contributed by atoms with Gasteiger partial charge >= 0.3 is 5.97 Å². The van der Waals surface area contributed by atoms with Gasteiger partial charge < -0.3 is 9.30 Å². The Morgan fingerprint density at radius 2 is 1.94 bits per heavy atom. The second-order valence-corrected chi connectivity index (χ2v) is 8.53. The highest BCUT2D eigenvalue weighted by molar-refractivity contribution is 6.08. The van der Waals surface area contributed by atoms with E-state index in [9.17, 15) is 9.59 Å².